The van der Waals surface area contributed by atoms with Crippen molar-refractivity contribution in [2.24, 2.45) is 0 Å². The zero-order chi connectivity index (χ0) is 25.6. The number of carbonyl (C=O) groups is 2. The van der Waals surface area contributed by atoms with Crippen LogP contribution in [0.25, 0.3) is 0 Å². The molecule has 1 saturated carbocycles. The summed E-state index contributed by atoms with van der Waals surface area (Å²) in [5.41, 5.74) is 2.25. The predicted molar refractivity (Wildman–Crippen MR) is 134 cm³/mol. The Morgan fingerprint density at radius 1 is 1.23 bits per heavy atom. The lowest BCUT2D eigenvalue weighted by atomic mass is 9.94. The number of carbonyl (C=O) groups excluding carboxylic acids is 1. The van der Waals surface area contributed by atoms with E-state index in [-0.39, 0.29) is 21.4 Å². The highest BCUT2D eigenvalue weighted by Gasteiger charge is 2.44. The molecule has 0 atom stereocenters. The fourth-order valence-electron chi connectivity index (χ4n) is 3.93. The Labute approximate surface area is 210 Å². The first-order valence-corrected chi connectivity index (χ1v) is 14.0. The van der Waals surface area contributed by atoms with Crippen molar-refractivity contribution >= 4 is 38.3 Å². The molecule has 0 aliphatic heterocycles. The van der Waals surface area contributed by atoms with Gasteiger partial charge in [0.25, 0.3) is 0 Å². The van der Waals surface area contributed by atoms with Crippen molar-refractivity contribution in [3.05, 3.63) is 41.6 Å². The van der Waals surface area contributed by atoms with Crippen LogP contribution in [0.3, 0.4) is 0 Å². The molecule has 0 bridgehead atoms. The standard InChI is InChI=1S/C24H33N3O6S2/c1-17-9-7-8-10-18(17)16-33-14-13-27(19-11-5-4-6-12-19)23(30)26-22-25-15-20(34-22)35(31,32)24(2,3)21(28)29/h7-10,15,19H,4-6,11-14,16H2,1-3H3,(H,28,29)(H,25,26,30). The van der Waals surface area contributed by atoms with E-state index in [0.717, 1.165) is 74.6 Å². The Hall–Kier alpha value is -2.50. The maximum absolute atomic E-state index is 13.2. The minimum absolute atomic E-state index is 0.0694. The number of aryl methyl sites for hydroxylation is 1. The van der Waals surface area contributed by atoms with Crippen molar-refractivity contribution in [2.45, 2.75) is 74.5 Å². The van der Waals surface area contributed by atoms with E-state index in [1.54, 1.807) is 4.90 Å². The minimum atomic E-state index is -4.17. The van der Waals surface area contributed by atoms with Crippen LogP contribution in [0.15, 0.2) is 34.7 Å². The fourth-order valence-corrected chi connectivity index (χ4v) is 6.70. The number of hydrogen-bond donors (Lipinski definition) is 2. The number of anilines is 1. The van der Waals surface area contributed by atoms with Crippen molar-refractivity contribution in [1.29, 1.82) is 0 Å². The van der Waals surface area contributed by atoms with Gasteiger partial charge in [-0.25, -0.2) is 18.2 Å². The highest BCUT2D eigenvalue weighted by Crippen LogP contribution is 2.32. The second kappa shape index (κ2) is 11.5. The number of nitrogens with zero attached hydrogens (tertiary/aromatic N) is 2. The smallest absolute Gasteiger partial charge is 0.324 e. The van der Waals surface area contributed by atoms with Gasteiger partial charge in [0.05, 0.1) is 19.4 Å². The van der Waals surface area contributed by atoms with Gasteiger partial charge in [-0.1, -0.05) is 54.9 Å². The number of nitrogens with one attached hydrogen (secondary N) is 1. The predicted octanol–water partition coefficient (Wildman–Crippen LogP) is 4.47. The van der Waals surface area contributed by atoms with Gasteiger partial charge in [0.1, 0.15) is 4.21 Å². The third-order valence-electron chi connectivity index (χ3n) is 6.42. The normalized spacial score (nSPS) is 15.1. The first kappa shape index (κ1) is 27.1. The molecule has 2 N–H and O–H groups in total. The van der Waals surface area contributed by atoms with Gasteiger partial charge in [0, 0.05) is 12.6 Å². The van der Waals surface area contributed by atoms with Crippen LogP contribution in [-0.4, -0.2) is 59.3 Å². The third kappa shape index (κ3) is 6.39. The van der Waals surface area contributed by atoms with Crippen LogP contribution in [-0.2, 0) is 26.0 Å². The number of amides is 2. The van der Waals surface area contributed by atoms with Crippen LogP contribution in [0.1, 0.15) is 57.1 Å². The van der Waals surface area contributed by atoms with Crippen molar-refractivity contribution in [1.82, 2.24) is 9.88 Å². The summed E-state index contributed by atoms with van der Waals surface area (Å²) in [6, 6.07) is 7.69. The number of aliphatic carboxylic acids is 1. The molecule has 192 valence electrons. The summed E-state index contributed by atoms with van der Waals surface area (Å²) in [4.78, 5) is 30.4. The van der Waals surface area contributed by atoms with Crippen LogP contribution in [0, 0.1) is 6.92 Å². The quantitative estimate of drug-likeness (QED) is 0.440. The summed E-state index contributed by atoms with van der Waals surface area (Å²) >= 11 is 0.751. The fraction of sp³-hybridized carbons (Fsp3) is 0.542. The second-order valence-electron chi connectivity index (χ2n) is 9.20. The monoisotopic (exact) mass is 523 g/mol. The molecule has 1 heterocycles. The largest absolute Gasteiger partial charge is 0.480 e. The molecule has 0 radical (unpaired) electrons. The number of ether oxygens (including phenoxy) is 1. The Bertz CT molecular complexity index is 1140. The highest BCUT2D eigenvalue weighted by molar-refractivity contribution is 7.95. The molecule has 2 aromatic rings. The summed E-state index contributed by atoms with van der Waals surface area (Å²) in [5, 5.41) is 12.1. The van der Waals surface area contributed by atoms with E-state index in [1.165, 1.54) is 0 Å². The number of sulfone groups is 1. The highest BCUT2D eigenvalue weighted by atomic mass is 32.2. The van der Waals surface area contributed by atoms with Gasteiger partial charge in [-0.3, -0.25) is 10.1 Å². The Kier molecular flexibility index (Phi) is 8.89. The van der Waals surface area contributed by atoms with Crippen molar-refractivity contribution in [2.75, 3.05) is 18.5 Å². The molecule has 0 unspecified atom stereocenters. The first-order valence-electron chi connectivity index (χ1n) is 11.7. The molecular weight excluding hydrogens is 490 g/mol. The summed E-state index contributed by atoms with van der Waals surface area (Å²) in [7, 11) is -4.17. The van der Waals surface area contributed by atoms with Crippen molar-refractivity contribution in [3.63, 3.8) is 0 Å². The van der Waals surface area contributed by atoms with Gasteiger partial charge >= 0.3 is 12.0 Å². The number of rotatable bonds is 10. The molecule has 2 amide bonds. The molecule has 35 heavy (non-hydrogen) atoms. The number of carboxylic acid groups (broad SMARTS) is 1. The second-order valence-corrected chi connectivity index (χ2v) is 13.0. The maximum atomic E-state index is 13.2. The van der Waals surface area contributed by atoms with Gasteiger partial charge in [0.15, 0.2) is 9.88 Å². The Morgan fingerprint density at radius 3 is 2.57 bits per heavy atom. The van der Waals surface area contributed by atoms with Gasteiger partial charge < -0.3 is 14.7 Å². The molecular formula is C24H33N3O6S2. The molecule has 1 aliphatic rings. The lowest BCUT2D eigenvalue weighted by Gasteiger charge is -2.34. The van der Waals surface area contributed by atoms with E-state index < -0.39 is 20.6 Å². The van der Waals surface area contributed by atoms with Crippen molar-refractivity contribution < 1.29 is 27.9 Å². The first-order chi connectivity index (χ1) is 16.5. The summed E-state index contributed by atoms with van der Waals surface area (Å²) in [5.74, 6) is -1.45. The van der Waals surface area contributed by atoms with Crippen molar-refractivity contribution in [3.8, 4) is 0 Å². The topological polar surface area (TPSA) is 126 Å². The van der Waals surface area contributed by atoms with E-state index >= 15 is 0 Å². The average molecular weight is 524 g/mol. The molecule has 0 saturated heterocycles. The van der Waals surface area contributed by atoms with Crippen LogP contribution < -0.4 is 5.32 Å². The summed E-state index contributed by atoms with van der Waals surface area (Å²) < 4.78 is 29.1. The number of benzene rings is 1. The minimum Gasteiger partial charge on any atom is -0.480 e. The molecule has 3 rings (SSSR count). The third-order valence-corrected chi connectivity index (χ3v) is 10.2. The van der Waals surface area contributed by atoms with Crippen LogP contribution in [0.5, 0.6) is 0 Å². The van der Waals surface area contributed by atoms with Crippen LogP contribution in [0.2, 0.25) is 0 Å². The number of aromatic nitrogens is 1. The number of hydrogen-bond acceptors (Lipinski definition) is 7. The number of urea groups is 1. The molecule has 1 fully saturated rings. The molecule has 1 aliphatic carbocycles. The van der Waals surface area contributed by atoms with Crippen LogP contribution >= 0.6 is 11.3 Å². The lowest BCUT2D eigenvalue weighted by molar-refractivity contribution is -0.139. The van der Waals surface area contributed by atoms with E-state index in [0.29, 0.717) is 19.8 Å². The van der Waals surface area contributed by atoms with Gasteiger partial charge in [-0.15, -0.1) is 0 Å². The van der Waals surface area contributed by atoms with E-state index in [9.17, 15) is 23.1 Å². The zero-order valence-corrected chi connectivity index (χ0v) is 22.0. The Balaban J connectivity index is 1.67. The zero-order valence-electron chi connectivity index (χ0n) is 20.3. The summed E-state index contributed by atoms with van der Waals surface area (Å²) in [6.07, 6.45) is 6.12. The van der Waals surface area contributed by atoms with E-state index in [2.05, 4.69) is 10.3 Å². The van der Waals surface area contributed by atoms with Gasteiger partial charge in [-0.2, -0.15) is 0 Å². The molecule has 11 heteroatoms. The van der Waals surface area contributed by atoms with E-state index in [4.69, 9.17) is 4.74 Å². The molecule has 0 spiro atoms. The summed E-state index contributed by atoms with van der Waals surface area (Å²) in [6.45, 7) is 5.50. The number of carboxylic acids is 1. The molecule has 1 aromatic heterocycles. The van der Waals surface area contributed by atoms with E-state index in [1.807, 2.05) is 31.2 Å². The lowest BCUT2D eigenvalue weighted by Crippen LogP contribution is -2.45. The molecule has 1 aromatic carbocycles. The SMILES string of the molecule is Cc1ccccc1COCCN(C(=O)Nc1ncc(S(=O)(=O)C(C)(C)C(=O)O)s1)C1CCCCC1. The van der Waals surface area contributed by atoms with Gasteiger partial charge in [0.2, 0.25) is 9.84 Å². The molecule has 9 nitrogen and oxygen atoms in total. The van der Waals surface area contributed by atoms with Crippen LogP contribution in [0.4, 0.5) is 9.93 Å². The van der Waals surface area contributed by atoms with Gasteiger partial charge in [-0.05, 0) is 44.7 Å². The maximum Gasteiger partial charge on any atom is 0.324 e. The number of thiazole rings is 1. The Morgan fingerprint density at radius 2 is 1.91 bits per heavy atom. The average Bonchev–Trinajstić information content (AvgIpc) is 3.29.